The van der Waals surface area contributed by atoms with Crippen LogP contribution in [0.15, 0.2) is 30.5 Å². The van der Waals surface area contributed by atoms with Crippen LogP contribution in [0.2, 0.25) is 0 Å². The Morgan fingerprint density at radius 1 is 1.07 bits per heavy atom. The Balaban J connectivity index is 1.25. The van der Waals surface area contributed by atoms with Crippen LogP contribution in [0.4, 0.5) is 5.82 Å². The van der Waals surface area contributed by atoms with Crippen LogP contribution in [0.5, 0.6) is 0 Å². The van der Waals surface area contributed by atoms with Gasteiger partial charge >= 0.3 is 5.97 Å². The summed E-state index contributed by atoms with van der Waals surface area (Å²) in [6.07, 6.45) is 7.03. The molecule has 3 aliphatic rings. The van der Waals surface area contributed by atoms with Crippen molar-refractivity contribution in [1.29, 1.82) is 0 Å². The summed E-state index contributed by atoms with van der Waals surface area (Å²) in [5.41, 5.74) is 1.55. The Labute approximate surface area is 159 Å². The maximum absolute atomic E-state index is 12.7. The number of hydrogen-bond donors (Lipinski definition) is 0. The number of cyclic esters (lactones) is 1. The molecule has 1 spiro atoms. The molecule has 27 heavy (non-hydrogen) atoms. The molecule has 0 aliphatic carbocycles. The fourth-order valence-corrected chi connectivity index (χ4v) is 4.86. The number of likely N-dealkylation sites (tertiary alicyclic amines) is 1. The van der Waals surface area contributed by atoms with E-state index in [0.717, 1.165) is 68.8 Å². The number of fused-ring (bicyclic) bond motifs is 1. The van der Waals surface area contributed by atoms with Crippen LogP contribution in [-0.4, -0.2) is 59.7 Å². The zero-order valence-corrected chi connectivity index (χ0v) is 15.6. The van der Waals surface area contributed by atoms with Crippen molar-refractivity contribution in [3.05, 3.63) is 30.5 Å². The number of nitrogens with zero attached hydrogens (tertiary/aromatic N) is 4. The summed E-state index contributed by atoms with van der Waals surface area (Å²) in [6.45, 7) is 4.87. The van der Waals surface area contributed by atoms with Crippen molar-refractivity contribution >= 4 is 22.8 Å². The largest absolute Gasteiger partial charge is 0.461 e. The highest BCUT2D eigenvalue weighted by molar-refractivity contribution is 5.80. The lowest BCUT2D eigenvalue weighted by Gasteiger charge is -2.37. The first kappa shape index (κ1) is 16.9. The zero-order chi connectivity index (χ0) is 18.3. The summed E-state index contributed by atoms with van der Waals surface area (Å²) in [5, 5.41) is 0. The summed E-state index contributed by atoms with van der Waals surface area (Å²) in [6, 6.07) is 7.94. The highest BCUT2D eigenvalue weighted by Crippen LogP contribution is 2.44. The van der Waals surface area contributed by atoms with Gasteiger partial charge in [0.2, 0.25) is 0 Å². The Hall–Kier alpha value is -2.21. The second kappa shape index (κ2) is 6.75. The molecule has 0 saturated carbocycles. The van der Waals surface area contributed by atoms with Crippen molar-refractivity contribution < 1.29 is 9.53 Å². The van der Waals surface area contributed by atoms with E-state index in [9.17, 15) is 4.79 Å². The van der Waals surface area contributed by atoms with Crippen molar-refractivity contribution in [1.82, 2.24) is 14.9 Å². The van der Waals surface area contributed by atoms with E-state index in [1.807, 2.05) is 30.5 Å². The van der Waals surface area contributed by atoms with Gasteiger partial charge in [-0.3, -0.25) is 14.7 Å². The number of hydrogen-bond acceptors (Lipinski definition) is 6. The van der Waals surface area contributed by atoms with E-state index < -0.39 is 0 Å². The molecule has 1 aromatic carbocycles. The van der Waals surface area contributed by atoms with Crippen molar-refractivity contribution in [3.8, 4) is 0 Å². The minimum atomic E-state index is -0.287. The molecule has 3 saturated heterocycles. The molecule has 2 aromatic rings. The lowest BCUT2D eigenvalue weighted by Crippen LogP contribution is -2.43. The number of para-hydroxylation sites is 2. The number of esters is 1. The van der Waals surface area contributed by atoms with E-state index in [-0.39, 0.29) is 17.5 Å². The van der Waals surface area contributed by atoms with Crippen LogP contribution in [0.1, 0.15) is 32.1 Å². The van der Waals surface area contributed by atoms with E-state index >= 15 is 0 Å². The van der Waals surface area contributed by atoms with Crippen molar-refractivity contribution in [2.75, 3.05) is 37.6 Å². The van der Waals surface area contributed by atoms with Gasteiger partial charge in [0.05, 0.1) is 22.6 Å². The van der Waals surface area contributed by atoms with E-state index in [1.165, 1.54) is 12.8 Å². The molecule has 3 aliphatic heterocycles. The summed E-state index contributed by atoms with van der Waals surface area (Å²) < 4.78 is 5.79. The molecule has 6 nitrogen and oxygen atoms in total. The van der Waals surface area contributed by atoms with Crippen LogP contribution in [0.3, 0.4) is 0 Å². The second-order valence-electron chi connectivity index (χ2n) is 8.22. The number of carbonyl (C=O) groups excluding carboxylic acids is 1. The topological polar surface area (TPSA) is 58.6 Å². The van der Waals surface area contributed by atoms with Gasteiger partial charge in [-0.15, -0.1) is 0 Å². The molecular formula is C21H26N4O2. The lowest BCUT2D eigenvalue weighted by molar-refractivity contribution is -0.150. The molecule has 0 amide bonds. The van der Waals surface area contributed by atoms with Gasteiger partial charge in [-0.1, -0.05) is 12.1 Å². The molecule has 4 heterocycles. The smallest absolute Gasteiger partial charge is 0.312 e. The standard InChI is InChI=1S/C21H26N4O2/c26-20-21(13-16(27-20)15-24-9-3-4-10-24)7-11-25(12-8-21)19-14-22-17-5-1-2-6-18(17)23-19/h1-2,5-6,14,16H,3-4,7-13,15H2. The van der Waals surface area contributed by atoms with Gasteiger partial charge in [-0.2, -0.15) is 0 Å². The molecule has 1 aromatic heterocycles. The SMILES string of the molecule is O=C1OC(CN2CCCC2)CC12CCN(c1cnc3ccccc3n1)CC2. The molecular weight excluding hydrogens is 340 g/mol. The molecule has 5 rings (SSSR count). The number of carbonyl (C=O) groups is 1. The number of benzene rings is 1. The maximum Gasteiger partial charge on any atom is 0.312 e. The van der Waals surface area contributed by atoms with Crippen LogP contribution < -0.4 is 4.90 Å². The van der Waals surface area contributed by atoms with Gasteiger partial charge in [-0.25, -0.2) is 4.98 Å². The third kappa shape index (κ3) is 3.16. The minimum absolute atomic E-state index is 0.0240. The van der Waals surface area contributed by atoms with Crippen LogP contribution >= 0.6 is 0 Å². The third-order valence-electron chi connectivity index (χ3n) is 6.47. The summed E-state index contributed by atoms with van der Waals surface area (Å²) >= 11 is 0. The highest BCUT2D eigenvalue weighted by atomic mass is 16.6. The highest BCUT2D eigenvalue weighted by Gasteiger charge is 2.50. The van der Waals surface area contributed by atoms with Crippen molar-refractivity contribution in [3.63, 3.8) is 0 Å². The van der Waals surface area contributed by atoms with Gasteiger partial charge in [0.1, 0.15) is 11.9 Å². The van der Waals surface area contributed by atoms with Crippen molar-refractivity contribution in [2.24, 2.45) is 5.41 Å². The molecule has 1 atom stereocenters. The second-order valence-corrected chi connectivity index (χ2v) is 8.22. The number of rotatable bonds is 3. The predicted octanol–water partition coefficient (Wildman–Crippen LogP) is 2.63. The van der Waals surface area contributed by atoms with Crippen LogP contribution in [0.25, 0.3) is 11.0 Å². The molecule has 1 unspecified atom stereocenters. The third-order valence-corrected chi connectivity index (χ3v) is 6.47. The van der Waals surface area contributed by atoms with Gasteiger partial charge in [0.25, 0.3) is 0 Å². The minimum Gasteiger partial charge on any atom is -0.461 e. The fourth-order valence-electron chi connectivity index (χ4n) is 4.86. The van der Waals surface area contributed by atoms with Crippen LogP contribution in [0, 0.1) is 5.41 Å². The zero-order valence-electron chi connectivity index (χ0n) is 15.6. The Kier molecular flexibility index (Phi) is 4.23. The lowest BCUT2D eigenvalue weighted by atomic mass is 9.76. The number of piperidine rings is 1. The molecule has 6 heteroatoms. The molecule has 0 bridgehead atoms. The molecule has 0 N–H and O–H groups in total. The first-order chi connectivity index (χ1) is 13.2. The number of anilines is 1. The Morgan fingerprint density at radius 2 is 1.81 bits per heavy atom. The Morgan fingerprint density at radius 3 is 2.59 bits per heavy atom. The monoisotopic (exact) mass is 366 g/mol. The van der Waals surface area contributed by atoms with Gasteiger partial charge < -0.3 is 9.64 Å². The van der Waals surface area contributed by atoms with E-state index in [2.05, 4.69) is 14.8 Å². The normalized spacial score (nSPS) is 25.4. The maximum atomic E-state index is 12.7. The number of aromatic nitrogens is 2. The summed E-state index contributed by atoms with van der Waals surface area (Å²) in [5.74, 6) is 0.930. The van der Waals surface area contributed by atoms with E-state index in [4.69, 9.17) is 9.72 Å². The van der Waals surface area contributed by atoms with Crippen LogP contribution in [-0.2, 0) is 9.53 Å². The first-order valence-electron chi connectivity index (χ1n) is 10.1. The van der Waals surface area contributed by atoms with Gasteiger partial charge in [-0.05, 0) is 50.9 Å². The quantitative estimate of drug-likeness (QED) is 0.779. The molecule has 142 valence electrons. The van der Waals surface area contributed by atoms with Gasteiger partial charge in [0.15, 0.2) is 0 Å². The fraction of sp³-hybridized carbons (Fsp3) is 0.571. The molecule has 0 radical (unpaired) electrons. The predicted molar refractivity (Wildman–Crippen MR) is 104 cm³/mol. The van der Waals surface area contributed by atoms with E-state index in [1.54, 1.807) is 0 Å². The summed E-state index contributed by atoms with van der Waals surface area (Å²) in [7, 11) is 0. The van der Waals surface area contributed by atoms with Gasteiger partial charge in [0, 0.05) is 26.1 Å². The average Bonchev–Trinajstić information content (AvgIpc) is 3.31. The molecule has 3 fully saturated rings. The number of ether oxygens (including phenoxy) is 1. The Bertz CT molecular complexity index is 841. The average molecular weight is 366 g/mol. The van der Waals surface area contributed by atoms with Crippen molar-refractivity contribution in [2.45, 2.75) is 38.2 Å². The van der Waals surface area contributed by atoms with E-state index in [0.29, 0.717) is 0 Å². The summed E-state index contributed by atoms with van der Waals surface area (Å²) in [4.78, 5) is 26.6. The first-order valence-corrected chi connectivity index (χ1v) is 10.1.